The standard InChI is InChI=1S/2C19H16N4O2.Fe/c2*24-19(25)14-6-3-9-17-18(14)23-13-5-11-21-16-8-2-1-7-15(16)20-10-4-12-22-17;/h2*1-13,21-22H,(H,24,25);/q;;+2/p-2. The number of fused-ring (bicyclic) bond motifs is 4. The first-order valence-electron chi connectivity index (χ1n) is 15.2. The topological polar surface area (TPSA) is 178 Å². The van der Waals surface area contributed by atoms with E-state index in [0.29, 0.717) is 22.7 Å². The van der Waals surface area contributed by atoms with Crippen molar-refractivity contribution in [3.8, 4) is 0 Å². The van der Waals surface area contributed by atoms with E-state index in [2.05, 4.69) is 41.2 Å². The maximum absolute atomic E-state index is 11.3. The summed E-state index contributed by atoms with van der Waals surface area (Å²) >= 11 is 0. The van der Waals surface area contributed by atoms with E-state index >= 15 is 0 Å². The Bertz CT molecular complexity index is 1950. The van der Waals surface area contributed by atoms with Gasteiger partial charge >= 0.3 is 17.1 Å². The Morgan fingerprint density at radius 1 is 0.431 bits per heavy atom. The Morgan fingerprint density at radius 3 is 1.16 bits per heavy atom. The van der Waals surface area contributed by atoms with Crippen molar-refractivity contribution < 1.29 is 36.9 Å². The van der Waals surface area contributed by atoms with Gasteiger partial charge in [-0.15, -0.1) is 0 Å². The number of hydrogen-bond acceptors (Lipinski definition) is 12. The summed E-state index contributed by atoms with van der Waals surface area (Å²) in [6.45, 7) is 0. The second kappa shape index (κ2) is 19.2. The quantitative estimate of drug-likeness (QED) is 0.181. The van der Waals surface area contributed by atoms with Crippen LogP contribution in [0.25, 0.3) is 0 Å². The summed E-state index contributed by atoms with van der Waals surface area (Å²) in [5.41, 5.74) is 5.02. The zero-order valence-corrected chi connectivity index (χ0v) is 27.9. The average molecular weight is 719 g/mol. The SMILES string of the molecule is O=C([O-])c1cccc2c1N=CC=CNc1ccccc1N=CC=CN2.O=C([O-])c1cccc2c1N=CC=CNc1ccccc1N=CC=CN2.[Fe+2]. The molecule has 13 heteroatoms. The van der Waals surface area contributed by atoms with Crippen LogP contribution in [-0.4, -0.2) is 36.8 Å². The number of rotatable bonds is 2. The predicted octanol–water partition coefficient (Wildman–Crippen LogP) is 6.04. The van der Waals surface area contributed by atoms with Gasteiger partial charge in [0.15, 0.2) is 0 Å². The molecule has 0 saturated carbocycles. The Morgan fingerprint density at radius 2 is 0.765 bits per heavy atom. The van der Waals surface area contributed by atoms with Gasteiger partial charge in [0.1, 0.15) is 0 Å². The number of aliphatic imine (C=N–C) groups is 4. The Kier molecular flexibility index (Phi) is 14.0. The molecule has 0 atom stereocenters. The molecule has 2 aliphatic rings. The van der Waals surface area contributed by atoms with E-state index in [-0.39, 0.29) is 28.2 Å². The molecule has 0 aromatic heterocycles. The summed E-state index contributed by atoms with van der Waals surface area (Å²) in [7, 11) is 0. The Hall–Kier alpha value is -6.82. The summed E-state index contributed by atoms with van der Waals surface area (Å²) in [4.78, 5) is 39.9. The molecule has 0 radical (unpaired) electrons. The molecule has 0 saturated heterocycles. The largest absolute Gasteiger partial charge is 2.00 e. The first kappa shape index (κ1) is 37.0. The van der Waals surface area contributed by atoms with Crippen LogP contribution in [0.3, 0.4) is 0 Å². The number of carboxylic acids is 2. The van der Waals surface area contributed by atoms with Crippen molar-refractivity contribution in [2.24, 2.45) is 20.0 Å². The van der Waals surface area contributed by atoms with Crippen LogP contribution >= 0.6 is 0 Å². The van der Waals surface area contributed by atoms with E-state index in [1.165, 1.54) is 24.6 Å². The van der Waals surface area contributed by atoms with Crippen molar-refractivity contribution in [3.63, 3.8) is 0 Å². The van der Waals surface area contributed by atoms with Crippen molar-refractivity contribution in [2.75, 3.05) is 21.3 Å². The fraction of sp³-hybridized carbons (Fsp3) is 0. The monoisotopic (exact) mass is 718 g/mol. The first-order chi connectivity index (χ1) is 24.5. The van der Waals surface area contributed by atoms with Crippen LogP contribution < -0.4 is 31.5 Å². The molecule has 0 amide bonds. The van der Waals surface area contributed by atoms with Gasteiger partial charge in [0, 0.05) is 60.8 Å². The molecule has 12 nitrogen and oxygen atoms in total. The molecule has 6 rings (SSSR count). The van der Waals surface area contributed by atoms with E-state index < -0.39 is 11.9 Å². The van der Waals surface area contributed by atoms with Crippen molar-refractivity contribution in [3.05, 3.63) is 145 Å². The molecule has 51 heavy (non-hydrogen) atoms. The molecule has 0 bridgehead atoms. The number of nitrogens with zero attached hydrogens (tertiary/aromatic N) is 4. The molecular formula is C38H30FeN8O4. The van der Waals surface area contributed by atoms with E-state index in [1.54, 1.807) is 85.8 Å². The summed E-state index contributed by atoms with van der Waals surface area (Å²) in [6, 6.07) is 24.9. The number of carbonyl (C=O) groups excluding carboxylic acids is 2. The zero-order valence-electron chi connectivity index (χ0n) is 26.8. The van der Waals surface area contributed by atoms with Crippen LogP contribution in [0.2, 0.25) is 0 Å². The van der Waals surface area contributed by atoms with Crippen molar-refractivity contribution >= 4 is 82.3 Å². The van der Waals surface area contributed by atoms with Crippen LogP contribution in [0.4, 0.5) is 45.5 Å². The third-order valence-electron chi connectivity index (χ3n) is 6.84. The average Bonchev–Trinajstić information content (AvgIpc) is 3.12. The van der Waals surface area contributed by atoms with Crippen molar-refractivity contribution in [2.45, 2.75) is 0 Å². The van der Waals surface area contributed by atoms with E-state index in [1.807, 2.05) is 48.5 Å². The molecule has 0 spiro atoms. The molecular weight excluding hydrogens is 688 g/mol. The molecule has 0 fully saturated rings. The van der Waals surface area contributed by atoms with Gasteiger partial charge in [-0.1, -0.05) is 48.5 Å². The van der Waals surface area contributed by atoms with Gasteiger partial charge in [0.2, 0.25) is 0 Å². The van der Waals surface area contributed by atoms with Crippen LogP contribution in [0.5, 0.6) is 0 Å². The fourth-order valence-electron chi connectivity index (χ4n) is 4.55. The molecule has 4 aromatic rings. The third-order valence-corrected chi connectivity index (χ3v) is 6.84. The number of allylic oxidation sites excluding steroid dienone is 4. The molecule has 2 aliphatic heterocycles. The maximum Gasteiger partial charge on any atom is 2.00 e. The Balaban J connectivity index is 0.000000224. The molecule has 254 valence electrons. The zero-order chi connectivity index (χ0) is 35.0. The fourth-order valence-corrected chi connectivity index (χ4v) is 4.55. The second-order valence-electron chi connectivity index (χ2n) is 10.1. The summed E-state index contributed by atoms with van der Waals surface area (Å²) in [5.74, 6) is -2.56. The minimum atomic E-state index is -1.28. The van der Waals surface area contributed by atoms with Gasteiger partial charge in [-0.05, 0) is 60.7 Å². The number of aromatic carboxylic acids is 2. The molecule has 4 aromatic carbocycles. The van der Waals surface area contributed by atoms with E-state index in [4.69, 9.17) is 0 Å². The summed E-state index contributed by atoms with van der Waals surface area (Å²) < 4.78 is 0. The molecule has 0 aliphatic carbocycles. The number of anilines is 4. The number of para-hydroxylation sites is 6. The molecule has 4 N–H and O–H groups in total. The third kappa shape index (κ3) is 10.6. The van der Waals surface area contributed by atoms with E-state index in [0.717, 1.165) is 22.7 Å². The van der Waals surface area contributed by atoms with E-state index in [9.17, 15) is 19.8 Å². The minimum absolute atomic E-state index is 0. The first-order valence-corrected chi connectivity index (χ1v) is 15.2. The van der Waals surface area contributed by atoms with Gasteiger partial charge in [-0.2, -0.15) is 0 Å². The van der Waals surface area contributed by atoms with Crippen LogP contribution in [0.1, 0.15) is 20.7 Å². The number of carbonyl (C=O) groups is 2. The number of benzene rings is 4. The van der Waals surface area contributed by atoms with Gasteiger partial charge in [-0.25, -0.2) is 0 Å². The number of carboxylic acid groups (broad SMARTS) is 2. The summed E-state index contributed by atoms with van der Waals surface area (Å²) in [5, 5.41) is 34.9. The maximum atomic E-state index is 11.3. The van der Waals surface area contributed by atoms with Crippen molar-refractivity contribution in [1.29, 1.82) is 0 Å². The second-order valence-corrected chi connectivity index (χ2v) is 10.1. The van der Waals surface area contributed by atoms with Crippen LogP contribution in [-0.2, 0) is 17.1 Å². The van der Waals surface area contributed by atoms with Crippen LogP contribution in [0, 0.1) is 0 Å². The number of nitrogens with one attached hydrogen (secondary N) is 4. The van der Waals surface area contributed by atoms with Gasteiger partial charge in [0.05, 0.1) is 57.4 Å². The van der Waals surface area contributed by atoms with Gasteiger partial charge < -0.3 is 41.1 Å². The van der Waals surface area contributed by atoms with Crippen molar-refractivity contribution in [1.82, 2.24) is 0 Å². The molecule has 0 unspecified atom stereocenters. The Labute approximate surface area is 304 Å². The number of hydrogen-bond donors (Lipinski definition) is 4. The van der Waals surface area contributed by atoms with Crippen LogP contribution in [0.15, 0.2) is 154 Å². The molecule has 2 heterocycles. The predicted molar refractivity (Wildman–Crippen MR) is 198 cm³/mol. The minimum Gasteiger partial charge on any atom is -0.545 e. The van der Waals surface area contributed by atoms with Gasteiger partial charge in [0.25, 0.3) is 0 Å². The summed E-state index contributed by atoms with van der Waals surface area (Å²) in [6.07, 6.45) is 19.8. The normalized spacial score (nSPS) is 12.9. The van der Waals surface area contributed by atoms with Gasteiger partial charge in [-0.3, -0.25) is 20.0 Å². The smallest absolute Gasteiger partial charge is 0.545 e.